The van der Waals surface area contributed by atoms with Gasteiger partial charge in [-0.3, -0.25) is 29.4 Å². The highest BCUT2D eigenvalue weighted by Gasteiger charge is 2.46. The number of halogens is 1. The summed E-state index contributed by atoms with van der Waals surface area (Å²) in [7, 11) is 0. The van der Waals surface area contributed by atoms with Crippen LogP contribution in [0.3, 0.4) is 0 Å². The highest BCUT2D eigenvalue weighted by Crippen LogP contribution is 2.40. The Labute approximate surface area is 167 Å². The third-order valence-corrected chi connectivity index (χ3v) is 5.98. The Balaban J connectivity index is 1.45. The SMILES string of the molecule is NCC1(F)CC(CNCc2cccc3c2C(=O)N(C2CCC(=O)NC2=O)C3=O)C1. The third-order valence-electron chi connectivity index (χ3n) is 5.98. The van der Waals surface area contributed by atoms with Crippen molar-refractivity contribution in [2.24, 2.45) is 11.7 Å². The van der Waals surface area contributed by atoms with Crippen LogP contribution in [-0.4, -0.2) is 53.3 Å². The molecule has 2 fully saturated rings. The number of carbonyl (C=O) groups is 4. The van der Waals surface area contributed by atoms with Gasteiger partial charge < -0.3 is 11.1 Å². The maximum Gasteiger partial charge on any atom is 0.262 e. The Bertz CT molecular complexity index is 896. The van der Waals surface area contributed by atoms with Crippen LogP contribution in [0.2, 0.25) is 0 Å². The number of amides is 4. The molecule has 1 saturated heterocycles. The molecule has 8 nitrogen and oxygen atoms in total. The molecule has 1 saturated carbocycles. The van der Waals surface area contributed by atoms with Crippen LogP contribution < -0.4 is 16.4 Å². The smallest absolute Gasteiger partial charge is 0.262 e. The van der Waals surface area contributed by atoms with Crippen molar-refractivity contribution in [3.8, 4) is 0 Å². The first kappa shape index (κ1) is 19.7. The van der Waals surface area contributed by atoms with Gasteiger partial charge in [0, 0.05) is 19.5 Å². The number of hydrogen-bond acceptors (Lipinski definition) is 6. The Morgan fingerprint density at radius 1 is 1.21 bits per heavy atom. The number of carbonyl (C=O) groups excluding carboxylic acids is 4. The summed E-state index contributed by atoms with van der Waals surface area (Å²) in [5, 5.41) is 5.41. The molecular weight excluding hydrogens is 379 g/mol. The van der Waals surface area contributed by atoms with Gasteiger partial charge in [-0.25, -0.2) is 4.39 Å². The van der Waals surface area contributed by atoms with Crippen molar-refractivity contribution in [2.75, 3.05) is 13.1 Å². The molecule has 29 heavy (non-hydrogen) atoms. The number of fused-ring (bicyclic) bond motifs is 1. The lowest BCUT2D eigenvalue weighted by molar-refractivity contribution is -0.136. The van der Waals surface area contributed by atoms with Crippen LogP contribution in [0.15, 0.2) is 18.2 Å². The molecule has 3 aliphatic rings. The van der Waals surface area contributed by atoms with Crippen LogP contribution in [0.4, 0.5) is 4.39 Å². The summed E-state index contributed by atoms with van der Waals surface area (Å²) in [4.78, 5) is 50.3. The van der Waals surface area contributed by atoms with Gasteiger partial charge >= 0.3 is 0 Å². The van der Waals surface area contributed by atoms with E-state index < -0.39 is 35.3 Å². The number of nitrogens with two attached hydrogens (primary N) is 1. The second kappa shape index (κ2) is 7.31. The van der Waals surface area contributed by atoms with Crippen molar-refractivity contribution in [2.45, 2.75) is 43.9 Å². The number of benzene rings is 1. The molecule has 2 heterocycles. The topological polar surface area (TPSA) is 122 Å². The minimum atomic E-state index is -1.26. The van der Waals surface area contributed by atoms with Crippen LogP contribution in [0.1, 0.15) is 52.0 Å². The van der Waals surface area contributed by atoms with Gasteiger partial charge in [-0.15, -0.1) is 0 Å². The second-order valence-corrected chi connectivity index (χ2v) is 8.05. The Morgan fingerprint density at radius 3 is 2.66 bits per heavy atom. The molecule has 1 aromatic rings. The largest absolute Gasteiger partial charge is 0.328 e. The third kappa shape index (κ3) is 3.44. The zero-order valence-corrected chi connectivity index (χ0v) is 15.9. The highest BCUT2D eigenvalue weighted by molar-refractivity contribution is 6.24. The molecule has 0 spiro atoms. The lowest BCUT2D eigenvalue weighted by atomic mass is 9.72. The molecule has 4 rings (SSSR count). The van der Waals surface area contributed by atoms with Gasteiger partial charge in [0.05, 0.1) is 11.1 Å². The zero-order chi connectivity index (χ0) is 20.8. The van der Waals surface area contributed by atoms with Gasteiger partial charge in [0.2, 0.25) is 11.8 Å². The van der Waals surface area contributed by atoms with Crippen LogP contribution in [-0.2, 0) is 16.1 Å². The molecule has 1 atom stereocenters. The van der Waals surface area contributed by atoms with Gasteiger partial charge in [-0.05, 0) is 43.4 Å². The summed E-state index contributed by atoms with van der Waals surface area (Å²) in [5.41, 5.74) is 5.35. The quantitative estimate of drug-likeness (QED) is 0.587. The summed E-state index contributed by atoms with van der Waals surface area (Å²) in [6, 6.07) is 4.03. The molecule has 0 radical (unpaired) electrons. The highest BCUT2D eigenvalue weighted by atomic mass is 19.1. The van der Waals surface area contributed by atoms with E-state index in [1.165, 1.54) is 0 Å². The first-order chi connectivity index (χ1) is 13.8. The van der Waals surface area contributed by atoms with E-state index in [2.05, 4.69) is 10.6 Å². The van der Waals surface area contributed by atoms with Crippen LogP contribution in [0, 0.1) is 5.92 Å². The van der Waals surface area contributed by atoms with Crippen molar-refractivity contribution >= 4 is 23.6 Å². The van der Waals surface area contributed by atoms with Crippen LogP contribution in [0.25, 0.3) is 0 Å². The van der Waals surface area contributed by atoms with Crippen LogP contribution >= 0.6 is 0 Å². The zero-order valence-electron chi connectivity index (χ0n) is 15.9. The standard InChI is InChI=1S/C20H23FN4O4/c21-20(10-22)6-11(7-20)8-23-9-12-2-1-3-13-16(12)19(29)25(18(13)28)14-4-5-15(26)24-17(14)27/h1-3,11,14,23H,4-10,22H2,(H,24,26,27). The van der Waals surface area contributed by atoms with Gasteiger partial charge in [-0.1, -0.05) is 12.1 Å². The van der Waals surface area contributed by atoms with E-state index in [0.29, 0.717) is 31.5 Å². The van der Waals surface area contributed by atoms with Gasteiger partial charge in [-0.2, -0.15) is 0 Å². The van der Waals surface area contributed by atoms with E-state index in [4.69, 9.17) is 5.73 Å². The van der Waals surface area contributed by atoms with Crippen molar-refractivity contribution in [1.82, 2.24) is 15.5 Å². The predicted octanol–water partition coefficient (Wildman–Crippen LogP) is 0.254. The molecule has 154 valence electrons. The fourth-order valence-corrected chi connectivity index (χ4v) is 4.43. The molecule has 1 aliphatic carbocycles. The van der Waals surface area contributed by atoms with E-state index in [1.54, 1.807) is 18.2 Å². The molecule has 0 aromatic heterocycles. The van der Waals surface area contributed by atoms with Crippen molar-refractivity contribution in [3.05, 3.63) is 34.9 Å². The number of imide groups is 2. The maximum atomic E-state index is 13.9. The van der Waals surface area contributed by atoms with Crippen molar-refractivity contribution < 1.29 is 23.6 Å². The predicted molar refractivity (Wildman–Crippen MR) is 100 cm³/mol. The van der Waals surface area contributed by atoms with Crippen molar-refractivity contribution in [3.63, 3.8) is 0 Å². The number of nitrogens with one attached hydrogen (secondary N) is 2. The lowest BCUT2D eigenvalue weighted by Gasteiger charge is -2.40. The molecular formula is C20H23FN4O4. The normalized spacial score (nSPS) is 29.0. The first-order valence-corrected chi connectivity index (χ1v) is 9.76. The fourth-order valence-electron chi connectivity index (χ4n) is 4.43. The van der Waals surface area contributed by atoms with Crippen molar-refractivity contribution in [1.29, 1.82) is 0 Å². The summed E-state index contributed by atoms with van der Waals surface area (Å²) in [6.45, 7) is 0.973. The molecule has 0 bridgehead atoms. The Hall–Kier alpha value is -2.65. The fraction of sp³-hybridized carbons (Fsp3) is 0.500. The summed E-state index contributed by atoms with van der Waals surface area (Å²) in [6.07, 6.45) is 1.05. The average Bonchev–Trinajstić information content (AvgIpc) is 2.92. The maximum absolute atomic E-state index is 13.9. The van der Waals surface area contributed by atoms with E-state index >= 15 is 0 Å². The van der Waals surface area contributed by atoms with Gasteiger partial charge in [0.25, 0.3) is 11.8 Å². The minimum absolute atomic E-state index is 0.0302. The Kier molecular flexibility index (Phi) is 4.95. The summed E-state index contributed by atoms with van der Waals surface area (Å²) >= 11 is 0. The average molecular weight is 402 g/mol. The van der Waals surface area contributed by atoms with E-state index in [-0.39, 0.29) is 36.4 Å². The molecule has 1 aromatic carbocycles. The summed E-state index contributed by atoms with van der Waals surface area (Å²) < 4.78 is 13.9. The molecule has 4 amide bonds. The summed E-state index contributed by atoms with van der Waals surface area (Å²) in [5.74, 6) is -1.89. The second-order valence-electron chi connectivity index (χ2n) is 8.05. The molecule has 2 aliphatic heterocycles. The van der Waals surface area contributed by atoms with Gasteiger partial charge in [0.1, 0.15) is 11.7 Å². The van der Waals surface area contributed by atoms with Crippen LogP contribution in [0.5, 0.6) is 0 Å². The Morgan fingerprint density at radius 2 is 1.97 bits per heavy atom. The van der Waals surface area contributed by atoms with Gasteiger partial charge in [0.15, 0.2) is 0 Å². The van der Waals surface area contributed by atoms with E-state index in [1.807, 2.05) is 0 Å². The number of rotatable bonds is 6. The monoisotopic (exact) mass is 402 g/mol. The number of nitrogens with zero attached hydrogens (tertiary/aromatic N) is 1. The first-order valence-electron chi connectivity index (χ1n) is 9.76. The number of hydrogen-bond donors (Lipinski definition) is 3. The number of alkyl halides is 1. The minimum Gasteiger partial charge on any atom is -0.328 e. The lowest BCUT2D eigenvalue weighted by Crippen LogP contribution is -2.54. The molecule has 9 heteroatoms. The van der Waals surface area contributed by atoms with E-state index in [0.717, 1.165) is 4.90 Å². The molecule has 4 N–H and O–H groups in total. The number of piperidine rings is 1. The van der Waals surface area contributed by atoms with E-state index in [9.17, 15) is 23.6 Å². The molecule has 1 unspecified atom stereocenters.